The minimum Gasteiger partial charge on any atom is -0.383 e. The summed E-state index contributed by atoms with van der Waals surface area (Å²) < 4.78 is 5.20. The summed E-state index contributed by atoms with van der Waals surface area (Å²) in [6, 6.07) is 1.06. The predicted molar refractivity (Wildman–Crippen MR) is 67.6 cm³/mol. The Balaban J connectivity index is 2.39. The van der Waals surface area contributed by atoms with Gasteiger partial charge in [-0.1, -0.05) is 6.92 Å². The van der Waals surface area contributed by atoms with Crippen LogP contribution in [0.25, 0.3) is 0 Å². The Labute approximate surface area is 99.7 Å². The third kappa shape index (κ3) is 3.70. The molecule has 0 spiro atoms. The molecule has 0 bridgehead atoms. The van der Waals surface area contributed by atoms with E-state index in [9.17, 15) is 0 Å². The van der Waals surface area contributed by atoms with Crippen molar-refractivity contribution in [3.63, 3.8) is 0 Å². The standard InChI is InChI=1S/C12H27N3O/c1-4-15-7-5-6-11(15)9-14(2)12(8-13)10-16-3/h11-12H,4-10,13H2,1-3H3. The fourth-order valence-corrected chi connectivity index (χ4v) is 2.57. The zero-order chi connectivity index (χ0) is 12.0. The molecule has 4 heteroatoms. The number of rotatable bonds is 7. The maximum atomic E-state index is 5.77. The Hall–Kier alpha value is -0.160. The number of ether oxygens (including phenoxy) is 1. The fourth-order valence-electron chi connectivity index (χ4n) is 2.57. The lowest BCUT2D eigenvalue weighted by atomic mass is 10.2. The van der Waals surface area contributed by atoms with Crippen molar-refractivity contribution in [3.8, 4) is 0 Å². The van der Waals surface area contributed by atoms with Crippen molar-refractivity contribution in [1.29, 1.82) is 0 Å². The summed E-state index contributed by atoms with van der Waals surface area (Å²) in [5, 5.41) is 0. The Morgan fingerprint density at radius 2 is 2.31 bits per heavy atom. The van der Waals surface area contributed by atoms with Gasteiger partial charge in [0.1, 0.15) is 0 Å². The number of likely N-dealkylation sites (tertiary alicyclic amines) is 1. The molecule has 4 nitrogen and oxygen atoms in total. The smallest absolute Gasteiger partial charge is 0.0630 e. The molecule has 2 N–H and O–H groups in total. The largest absolute Gasteiger partial charge is 0.383 e. The Bertz CT molecular complexity index is 189. The van der Waals surface area contributed by atoms with Gasteiger partial charge in [0, 0.05) is 32.3 Å². The first kappa shape index (κ1) is 13.9. The Kier molecular flexibility index (Phi) is 6.28. The first-order valence-corrected chi connectivity index (χ1v) is 6.36. The summed E-state index contributed by atoms with van der Waals surface area (Å²) in [6.45, 7) is 7.17. The van der Waals surface area contributed by atoms with Crippen LogP contribution in [0.15, 0.2) is 0 Å². The first-order valence-electron chi connectivity index (χ1n) is 6.36. The summed E-state index contributed by atoms with van der Waals surface area (Å²) >= 11 is 0. The van der Waals surface area contributed by atoms with Gasteiger partial charge in [-0.25, -0.2) is 0 Å². The van der Waals surface area contributed by atoms with E-state index in [-0.39, 0.29) is 0 Å². The molecule has 0 aromatic carbocycles. The average Bonchev–Trinajstić information content (AvgIpc) is 2.72. The fraction of sp³-hybridized carbons (Fsp3) is 1.00. The minimum absolute atomic E-state index is 0.351. The van der Waals surface area contributed by atoms with Crippen LogP contribution in [-0.4, -0.2) is 68.8 Å². The average molecular weight is 229 g/mol. The van der Waals surface area contributed by atoms with Crippen LogP contribution in [0.5, 0.6) is 0 Å². The van der Waals surface area contributed by atoms with Crippen molar-refractivity contribution in [2.45, 2.75) is 31.8 Å². The molecule has 1 heterocycles. The zero-order valence-electron chi connectivity index (χ0n) is 11.0. The summed E-state index contributed by atoms with van der Waals surface area (Å²) in [5.41, 5.74) is 5.77. The molecule has 2 atom stereocenters. The lowest BCUT2D eigenvalue weighted by Crippen LogP contribution is -2.47. The van der Waals surface area contributed by atoms with Gasteiger partial charge in [-0.2, -0.15) is 0 Å². The third-order valence-electron chi connectivity index (χ3n) is 3.66. The highest BCUT2D eigenvalue weighted by Crippen LogP contribution is 2.17. The molecule has 2 unspecified atom stereocenters. The number of likely N-dealkylation sites (N-methyl/N-ethyl adjacent to an activating group) is 2. The van der Waals surface area contributed by atoms with E-state index in [1.54, 1.807) is 7.11 Å². The van der Waals surface area contributed by atoms with Gasteiger partial charge in [0.15, 0.2) is 0 Å². The van der Waals surface area contributed by atoms with Crippen LogP contribution in [0.2, 0.25) is 0 Å². The minimum atomic E-state index is 0.351. The van der Waals surface area contributed by atoms with E-state index in [0.717, 1.165) is 19.7 Å². The molecular formula is C12H27N3O. The van der Waals surface area contributed by atoms with Crippen molar-refractivity contribution < 1.29 is 4.74 Å². The molecule has 1 aliphatic rings. The molecule has 1 rings (SSSR count). The van der Waals surface area contributed by atoms with Crippen molar-refractivity contribution in [2.24, 2.45) is 5.73 Å². The van der Waals surface area contributed by atoms with Crippen molar-refractivity contribution in [3.05, 3.63) is 0 Å². The summed E-state index contributed by atoms with van der Waals surface area (Å²) in [7, 11) is 3.90. The van der Waals surface area contributed by atoms with Crippen molar-refractivity contribution in [1.82, 2.24) is 9.80 Å². The van der Waals surface area contributed by atoms with E-state index in [1.807, 2.05) is 0 Å². The second-order valence-corrected chi connectivity index (χ2v) is 4.71. The summed E-state index contributed by atoms with van der Waals surface area (Å²) in [4.78, 5) is 4.92. The zero-order valence-corrected chi connectivity index (χ0v) is 11.0. The van der Waals surface area contributed by atoms with Gasteiger partial charge < -0.3 is 10.5 Å². The molecule has 0 amide bonds. The van der Waals surface area contributed by atoms with E-state index in [2.05, 4.69) is 23.8 Å². The van der Waals surface area contributed by atoms with Gasteiger partial charge in [0.25, 0.3) is 0 Å². The Morgan fingerprint density at radius 3 is 2.88 bits per heavy atom. The van der Waals surface area contributed by atoms with Crippen LogP contribution in [0.4, 0.5) is 0 Å². The van der Waals surface area contributed by atoms with E-state index >= 15 is 0 Å². The van der Waals surface area contributed by atoms with Gasteiger partial charge in [-0.3, -0.25) is 9.80 Å². The monoisotopic (exact) mass is 229 g/mol. The molecule has 0 saturated carbocycles. The van der Waals surface area contributed by atoms with E-state index in [1.165, 1.54) is 19.4 Å². The van der Waals surface area contributed by atoms with Crippen molar-refractivity contribution >= 4 is 0 Å². The lowest BCUT2D eigenvalue weighted by molar-refractivity contribution is 0.0919. The number of nitrogens with zero attached hydrogens (tertiary/aromatic N) is 2. The molecule has 96 valence electrons. The molecule has 1 saturated heterocycles. The molecular weight excluding hydrogens is 202 g/mol. The maximum absolute atomic E-state index is 5.77. The lowest BCUT2D eigenvalue weighted by Gasteiger charge is -2.32. The van der Waals surface area contributed by atoms with Gasteiger partial charge in [-0.05, 0) is 33.0 Å². The van der Waals surface area contributed by atoms with Crippen LogP contribution in [0.1, 0.15) is 19.8 Å². The van der Waals surface area contributed by atoms with Crippen LogP contribution >= 0.6 is 0 Å². The van der Waals surface area contributed by atoms with E-state index in [4.69, 9.17) is 10.5 Å². The molecule has 1 aliphatic heterocycles. The van der Waals surface area contributed by atoms with Gasteiger partial charge in [0.05, 0.1) is 6.61 Å². The van der Waals surface area contributed by atoms with E-state index < -0.39 is 0 Å². The summed E-state index contributed by atoms with van der Waals surface area (Å²) in [5.74, 6) is 0. The normalized spacial score (nSPS) is 24.2. The van der Waals surface area contributed by atoms with Crippen molar-refractivity contribution in [2.75, 3.05) is 46.9 Å². The first-order chi connectivity index (χ1) is 7.72. The number of nitrogens with two attached hydrogens (primary N) is 1. The summed E-state index contributed by atoms with van der Waals surface area (Å²) in [6.07, 6.45) is 2.66. The number of hydrogen-bond acceptors (Lipinski definition) is 4. The highest BCUT2D eigenvalue weighted by Gasteiger charge is 2.25. The molecule has 16 heavy (non-hydrogen) atoms. The number of methoxy groups -OCH3 is 1. The maximum Gasteiger partial charge on any atom is 0.0630 e. The quantitative estimate of drug-likeness (QED) is 0.685. The van der Waals surface area contributed by atoms with Crippen LogP contribution in [0, 0.1) is 0 Å². The predicted octanol–water partition coefficient (Wildman–Crippen LogP) is 0.376. The highest BCUT2D eigenvalue weighted by atomic mass is 16.5. The van der Waals surface area contributed by atoms with Gasteiger partial charge in [0.2, 0.25) is 0 Å². The molecule has 0 aromatic heterocycles. The molecule has 1 fully saturated rings. The Morgan fingerprint density at radius 1 is 1.56 bits per heavy atom. The van der Waals surface area contributed by atoms with E-state index in [0.29, 0.717) is 18.6 Å². The number of hydrogen-bond donors (Lipinski definition) is 1. The third-order valence-corrected chi connectivity index (χ3v) is 3.66. The molecule has 0 aliphatic carbocycles. The van der Waals surface area contributed by atoms with Crippen LogP contribution in [0.3, 0.4) is 0 Å². The second kappa shape index (κ2) is 7.22. The van der Waals surface area contributed by atoms with Gasteiger partial charge >= 0.3 is 0 Å². The van der Waals surface area contributed by atoms with Crippen LogP contribution < -0.4 is 5.73 Å². The topological polar surface area (TPSA) is 41.7 Å². The molecule has 0 radical (unpaired) electrons. The SMILES string of the molecule is CCN1CCCC1CN(C)C(CN)COC. The second-order valence-electron chi connectivity index (χ2n) is 4.71. The highest BCUT2D eigenvalue weighted by molar-refractivity contribution is 4.82. The molecule has 0 aromatic rings. The van der Waals surface area contributed by atoms with Crippen LogP contribution in [-0.2, 0) is 4.74 Å². The van der Waals surface area contributed by atoms with Gasteiger partial charge in [-0.15, -0.1) is 0 Å².